The molecule has 1 fully saturated rings. The van der Waals surface area contributed by atoms with Crippen LogP contribution in [0, 0.1) is 5.92 Å². The number of amides is 1. The van der Waals surface area contributed by atoms with Crippen molar-refractivity contribution in [2.45, 2.75) is 32.7 Å². The van der Waals surface area contributed by atoms with E-state index >= 15 is 0 Å². The second-order valence-corrected chi connectivity index (χ2v) is 5.86. The minimum Gasteiger partial charge on any atom is -0.492 e. The van der Waals surface area contributed by atoms with E-state index < -0.39 is 0 Å². The monoisotopic (exact) mass is 291 g/mol. The third kappa shape index (κ3) is 4.44. The number of rotatable bonds is 5. The lowest BCUT2D eigenvalue weighted by Gasteiger charge is -2.36. The van der Waals surface area contributed by atoms with E-state index in [0.29, 0.717) is 24.0 Å². The lowest BCUT2D eigenvalue weighted by Crippen LogP contribution is -2.42. The van der Waals surface area contributed by atoms with Gasteiger partial charge in [-0.25, -0.2) is 5.84 Å². The first-order valence-electron chi connectivity index (χ1n) is 7.58. The maximum absolute atomic E-state index is 11.5. The van der Waals surface area contributed by atoms with E-state index in [1.807, 2.05) is 6.07 Å². The number of nitrogens with one attached hydrogen (secondary N) is 1. The Balaban J connectivity index is 1.82. The Kier molecular flexibility index (Phi) is 5.59. The molecule has 0 aliphatic carbocycles. The SMILES string of the molecule is CC1CCN(CCOc2cccc(C(=O)NN)c2)C(C)C1. The average Bonchev–Trinajstić information content (AvgIpc) is 2.49. The zero-order valence-electron chi connectivity index (χ0n) is 12.8. The summed E-state index contributed by atoms with van der Waals surface area (Å²) in [5.74, 6) is 6.35. The molecular weight excluding hydrogens is 266 g/mol. The summed E-state index contributed by atoms with van der Waals surface area (Å²) in [5, 5.41) is 0. The van der Waals surface area contributed by atoms with Gasteiger partial charge in [-0.1, -0.05) is 13.0 Å². The molecule has 5 heteroatoms. The standard InChI is InChI=1S/C16H25N3O2/c1-12-6-7-19(13(2)10-12)8-9-21-15-5-3-4-14(11-15)16(20)18-17/h3-5,11-13H,6-10,17H2,1-2H3,(H,18,20). The van der Waals surface area contributed by atoms with Crippen LogP contribution < -0.4 is 16.0 Å². The number of piperidine rings is 1. The molecule has 1 amide bonds. The molecule has 5 nitrogen and oxygen atoms in total. The second kappa shape index (κ2) is 7.43. The number of carbonyl (C=O) groups excluding carboxylic acids is 1. The van der Waals surface area contributed by atoms with Crippen molar-refractivity contribution in [1.82, 2.24) is 10.3 Å². The smallest absolute Gasteiger partial charge is 0.265 e. The van der Waals surface area contributed by atoms with E-state index in [0.717, 1.165) is 19.0 Å². The van der Waals surface area contributed by atoms with Gasteiger partial charge in [0.05, 0.1) is 0 Å². The van der Waals surface area contributed by atoms with Gasteiger partial charge in [0.2, 0.25) is 0 Å². The van der Waals surface area contributed by atoms with Crippen molar-refractivity contribution in [3.63, 3.8) is 0 Å². The molecular formula is C16H25N3O2. The van der Waals surface area contributed by atoms with Crippen LogP contribution in [0.4, 0.5) is 0 Å². The van der Waals surface area contributed by atoms with Gasteiger partial charge in [-0.15, -0.1) is 0 Å². The summed E-state index contributed by atoms with van der Waals surface area (Å²) in [7, 11) is 0. The number of benzene rings is 1. The maximum Gasteiger partial charge on any atom is 0.265 e. The number of likely N-dealkylation sites (tertiary alicyclic amines) is 1. The summed E-state index contributed by atoms with van der Waals surface area (Å²) in [5.41, 5.74) is 2.63. The lowest BCUT2D eigenvalue weighted by atomic mass is 9.93. The van der Waals surface area contributed by atoms with Gasteiger partial charge >= 0.3 is 0 Å². The predicted molar refractivity (Wildman–Crippen MR) is 83.0 cm³/mol. The van der Waals surface area contributed by atoms with Gasteiger partial charge in [-0.05, 0) is 50.4 Å². The molecule has 0 spiro atoms. The fourth-order valence-electron chi connectivity index (χ4n) is 2.88. The van der Waals surface area contributed by atoms with Gasteiger partial charge in [-0.2, -0.15) is 0 Å². The fourth-order valence-corrected chi connectivity index (χ4v) is 2.88. The molecule has 1 aromatic carbocycles. The van der Waals surface area contributed by atoms with E-state index in [1.54, 1.807) is 18.2 Å². The molecule has 2 atom stereocenters. The molecule has 2 rings (SSSR count). The third-order valence-electron chi connectivity index (χ3n) is 4.15. The molecule has 21 heavy (non-hydrogen) atoms. The fraction of sp³-hybridized carbons (Fsp3) is 0.562. The van der Waals surface area contributed by atoms with E-state index in [-0.39, 0.29) is 5.91 Å². The molecule has 116 valence electrons. The molecule has 0 saturated carbocycles. The first-order valence-corrected chi connectivity index (χ1v) is 7.58. The number of nitrogens with two attached hydrogens (primary N) is 1. The predicted octanol–water partition coefficient (Wildman–Crippen LogP) is 1.79. The van der Waals surface area contributed by atoms with Gasteiger partial charge in [0, 0.05) is 18.2 Å². The Morgan fingerprint density at radius 2 is 2.29 bits per heavy atom. The first kappa shape index (κ1) is 15.8. The largest absolute Gasteiger partial charge is 0.492 e. The van der Waals surface area contributed by atoms with Crippen molar-refractivity contribution in [3.05, 3.63) is 29.8 Å². The van der Waals surface area contributed by atoms with E-state index in [1.165, 1.54) is 12.8 Å². The topological polar surface area (TPSA) is 67.6 Å². The van der Waals surface area contributed by atoms with Crippen LogP contribution in [-0.4, -0.2) is 36.5 Å². The highest BCUT2D eigenvalue weighted by molar-refractivity contribution is 5.94. The van der Waals surface area contributed by atoms with E-state index in [2.05, 4.69) is 24.2 Å². The summed E-state index contributed by atoms with van der Waals surface area (Å²) in [6, 6.07) is 7.69. The highest BCUT2D eigenvalue weighted by Crippen LogP contribution is 2.21. The molecule has 1 aliphatic heterocycles. The second-order valence-electron chi connectivity index (χ2n) is 5.86. The summed E-state index contributed by atoms with van der Waals surface area (Å²) < 4.78 is 5.76. The quantitative estimate of drug-likeness (QED) is 0.493. The molecule has 2 unspecified atom stereocenters. The number of ether oxygens (including phenoxy) is 1. The highest BCUT2D eigenvalue weighted by atomic mass is 16.5. The van der Waals surface area contributed by atoms with Gasteiger partial charge in [0.15, 0.2) is 0 Å². The van der Waals surface area contributed by atoms with E-state index in [9.17, 15) is 4.79 Å². The Hall–Kier alpha value is -1.59. The van der Waals surface area contributed by atoms with Crippen LogP contribution in [0.2, 0.25) is 0 Å². The van der Waals surface area contributed by atoms with Crippen LogP contribution in [0.3, 0.4) is 0 Å². The van der Waals surface area contributed by atoms with Crippen LogP contribution in [0.1, 0.15) is 37.0 Å². The Morgan fingerprint density at radius 1 is 1.48 bits per heavy atom. The molecule has 0 aromatic heterocycles. The zero-order chi connectivity index (χ0) is 15.2. The lowest BCUT2D eigenvalue weighted by molar-refractivity contribution is 0.0952. The van der Waals surface area contributed by atoms with Crippen molar-refractivity contribution in [2.24, 2.45) is 11.8 Å². The van der Waals surface area contributed by atoms with Crippen molar-refractivity contribution in [1.29, 1.82) is 0 Å². The molecule has 1 aromatic rings. The molecule has 1 saturated heterocycles. The molecule has 1 heterocycles. The number of hydrogen-bond acceptors (Lipinski definition) is 4. The van der Waals surface area contributed by atoms with Crippen molar-refractivity contribution in [3.8, 4) is 5.75 Å². The number of hydrogen-bond donors (Lipinski definition) is 2. The minimum absolute atomic E-state index is 0.306. The highest BCUT2D eigenvalue weighted by Gasteiger charge is 2.22. The van der Waals surface area contributed by atoms with Crippen molar-refractivity contribution in [2.75, 3.05) is 19.7 Å². The Bertz CT molecular complexity index is 478. The third-order valence-corrected chi connectivity index (χ3v) is 4.15. The van der Waals surface area contributed by atoms with E-state index in [4.69, 9.17) is 10.6 Å². The van der Waals surface area contributed by atoms with Crippen LogP contribution in [0.5, 0.6) is 5.75 Å². The maximum atomic E-state index is 11.5. The zero-order valence-corrected chi connectivity index (χ0v) is 12.8. The average molecular weight is 291 g/mol. The normalized spacial score (nSPS) is 22.8. The number of nitrogen functional groups attached to an aromatic ring is 1. The van der Waals surface area contributed by atoms with Crippen LogP contribution in [0.25, 0.3) is 0 Å². The Labute approximate surface area is 126 Å². The van der Waals surface area contributed by atoms with Gasteiger partial charge in [0.25, 0.3) is 5.91 Å². The molecule has 3 N–H and O–H groups in total. The van der Waals surface area contributed by atoms with Crippen molar-refractivity contribution < 1.29 is 9.53 Å². The molecule has 0 bridgehead atoms. The van der Waals surface area contributed by atoms with Crippen LogP contribution >= 0.6 is 0 Å². The summed E-state index contributed by atoms with van der Waals surface area (Å²) >= 11 is 0. The van der Waals surface area contributed by atoms with Gasteiger partial charge in [0.1, 0.15) is 12.4 Å². The first-order chi connectivity index (χ1) is 10.1. The number of hydrazine groups is 1. The molecule has 1 aliphatic rings. The summed E-state index contributed by atoms with van der Waals surface area (Å²) in [6.45, 7) is 7.29. The molecule has 0 radical (unpaired) electrons. The summed E-state index contributed by atoms with van der Waals surface area (Å²) in [4.78, 5) is 13.9. The van der Waals surface area contributed by atoms with Crippen LogP contribution in [0.15, 0.2) is 24.3 Å². The number of carbonyl (C=O) groups is 1. The van der Waals surface area contributed by atoms with Gasteiger partial charge in [-0.3, -0.25) is 15.1 Å². The Morgan fingerprint density at radius 3 is 3.00 bits per heavy atom. The van der Waals surface area contributed by atoms with Crippen LogP contribution in [-0.2, 0) is 0 Å². The minimum atomic E-state index is -0.306. The van der Waals surface area contributed by atoms with Gasteiger partial charge < -0.3 is 4.74 Å². The number of nitrogens with zero attached hydrogens (tertiary/aromatic N) is 1. The summed E-state index contributed by atoms with van der Waals surface area (Å²) in [6.07, 6.45) is 2.52. The van der Waals surface area contributed by atoms with Crippen molar-refractivity contribution >= 4 is 5.91 Å².